The van der Waals surface area contributed by atoms with E-state index in [2.05, 4.69) is 155 Å². The molecule has 0 amide bonds. The molecular formula is C45H29N5S2. The van der Waals surface area contributed by atoms with Crippen LogP contribution in [-0.4, -0.2) is 15.0 Å². The molecule has 52 heavy (non-hydrogen) atoms. The summed E-state index contributed by atoms with van der Waals surface area (Å²) < 4.78 is 0. The third kappa shape index (κ3) is 5.42. The lowest BCUT2D eigenvalue weighted by Crippen LogP contribution is -2.15. The number of nitrogens with zero attached hydrogens (tertiary/aromatic N) is 5. The highest BCUT2D eigenvalue weighted by Gasteiger charge is 2.26. The number of hydrogen-bond acceptors (Lipinski definition) is 7. The van der Waals surface area contributed by atoms with E-state index in [0.29, 0.717) is 17.5 Å². The van der Waals surface area contributed by atoms with E-state index in [1.54, 1.807) is 23.5 Å². The van der Waals surface area contributed by atoms with E-state index >= 15 is 0 Å². The summed E-state index contributed by atoms with van der Waals surface area (Å²) in [6, 6.07) is 61.5. The topological polar surface area (TPSA) is 45.2 Å². The predicted octanol–water partition coefficient (Wildman–Crippen LogP) is 12.7. The molecule has 5 nitrogen and oxygen atoms in total. The molecule has 0 atom stereocenters. The minimum Gasteiger partial charge on any atom is -0.308 e. The molecule has 0 spiro atoms. The fourth-order valence-corrected chi connectivity index (χ4v) is 9.00. The first-order chi connectivity index (χ1) is 25.8. The minimum absolute atomic E-state index is 0.620. The van der Waals surface area contributed by atoms with Crippen LogP contribution in [0.5, 0.6) is 0 Å². The standard InChI is InChI=1S/C45H29N5S2/c1-2-14-30(15-3-1)43-46-44(31-16-12-18-33(28-31)49-35-20-4-8-24-39(35)51-40-25-9-5-21-36(40)49)48-45(47-43)32-17-13-19-34(29-32)50-37-22-6-10-26-41(37)52-42-27-11-7-23-38(42)50/h1-29H. The molecule has 3 heterocycles. The van der Waals surface area contributed by atoms with E-state index < -0.39 is 0 Å². The summed E-state index contributed by atoms with van der Waals surface area (Å²) in [4.78, 5) is 24.9. The third-order valence-electron chi connectivity index (χ3n) is 9.26. The Morgan fingerprint density at radius 2 is 0.635 bits per heavy atom. The maximum Gasteiger partial charge on any atom is 0.164 e. The Morgan fingerprint density at radius 1 is 0.308 bits per heavy atom. The minimum atomic E-state index is 0.620. The quantitative estimate of drug-likeness (QED) is 0.177. The monoisotopic (exact) mass is 703 g/mol. The molecule has 10 rings (SSSR count). The number of aromatic nitrogens is 3. The van der Waals surface area contributed by atoms with Crippen molar-refractivity contribution >= 4 is 57.6 Å². The van der Waals surface area contributed by atoms with Gasteiger partial charge in [-0.3, -0.25) is 0 Å². The number of para-hydroxylation sites is 4. The average Bonchev–Trinajstić information content (AvgIpc) is 3.22. The number of rotatable bonds is 5. The van der Waals surface area contributed by atoms with Crippen molar-refractivity contribution in [3.05, 3.63) is 176 Å². The molecule has 0 unspecified atom stereocenters. The highest BCUT2D eigenvalue weighted by atomic mass is 32.2. The van der Waals surface area contributed by atoms with E-state index in [-0.39, 0.29) is 0 Å². The zero-order valence-corrected chi connectivity index (χ0v) is 29.4. The highest BCUT2D eigenvalue weighted by Crippen LogP contribution is 2.53. The maximum atomic E-state index is 5.18. The van der Waals surface area contributed by atoms with Gasteiger partial charge in [-0.15, -0.1) is 0 Å². The average molecular weight is 704 g/mol. The summed E-state index contributed by atoms with van der Waals surface area (Å²) in [5.74, 6) is 1.87. The molecule has 0 fully saturated rings. The smallest absolute Gasteiger partial charge is 0.164 e. The first kappa shape index (κ1) is 30.7. The predicted molar refractivity (Wildman–Crippen MR) is 214 cm³/mol. The molecule has 2 aliphatic rings. The highest BCUT2D eigenvalue weighted by molar-refractivity contribution is 8.00. The molecule has 0 N–H and O–H groups in total. The fraction of sp³-hybridized carbons (Fsp3) is 0. The van der Waals surface area contributed by atoms with Crippen molar-refractivity contribution in [1.82, 2.24) is 15.0 Å². The molecule has 0 saturated carbocycles. The van der Waals surface area contributed by atoms with Crippen molar-refractivity contribution in [3.8, 4) is 34.2 Å². The van der Waals surface area contributed by atoms with Gasteiger partial charge in [0.1, 0.15) is 0 Å². The van der Waals surface area contributed by atoms with E-state index in [1.807, 2.05) is 30.3 Å². The summed E-state index contributed by atoms with van der Waals surface area (Å²) in [6.45, 7) is 0. The van der Waals surface area contributed by atoms with Crippen LogP contribution in [0.25, 0.3) is 34.2 Å². The van der Waals surface area contributed by atoms with Gasteiger partial charge in [-0.2, -0.15) is 0 Å². The molecule has 0 bridgehead atoms. The molecular weight excluding hydrogens is 675 g/mol. The molecule has 2 aliphatic heterocycles. The van der Waals surface area contributed by atoms with Gasteiger partial charge in [0.25, 0.3) is 0 Å². The lowest BCUT2D eigenvalue weighted by atomic mass is 10.1. The van der Waals surface area contributed by atoms with E-state index in [9.17, 15) is 0 Å². The van der Waals surface area contributed by atoms with Crippen LogP contribution >= 0.6 is 23.5 Å². The molecule has 246 valence electrons. The van der Waals surface area contributed by atoms with Crippen molar-refractivity contribution < 1.29 is 0 Å². The van der Waals surface area contributed by atoms with Crippen molar-refractivity contribution in [2.24, 2.45) is 0 Å². The SMILES string of the molecule is c1ccc(-c2nc(-c3cccc(N4c5ccccc5Sc5ccccc54)c3)nc(-c3cccc(N4c5ccccc5Sc5ccccc54)c3)n2)cc1. The second-order valence-corrected chi connectivity index (χ2v) is 14.7. The molecule has 8 aromatic rings. The van der Waals surface area contributed by atoms with Crippen molar-refractivity contribution in [2.45, 2.75) is 19.6 Å². The first-order valence-corrected chi connectivity index (χ1v) is 18.7. The van der Waals surface area contributed by atoms with Crippen LogP contribution in [-0.2, 0) is 0 Å². The van der Waals surface area contributed by atoms with Crippen molar-refractivity contribution in [3.63, 3.8) is 0 Å². The van der Waals surface area contributed by atoms with Gasteiger partial charge in [-0.05, 0) is 72.8 Å². The third-order valence-corrected chi connectivity index (χ3v) is 11.5. The molecule has 7 aromatic carbocycles. The lowest BCUT2D eigenvalue weighted by Gasteiger charge is -2.33. The van der Waals surface area contributed by atoms with Crippen LogP contribution in [0.2, 0.25) is 0 Å². The largest absolute Gasteiger partial charge is 0.308 e. The second-order valence-electron chi connectivity index (χ2n) is 12.5. The normalized spacial score (nSPS) is 12.8. The summed E-state index contributed by atoms with van der Waals surface area (Å²) >= 11 is 3.61. The summed E-state index contributed by atoms with van der Waals surface area (Å²) in [5, 5.41) is 0. The van der Waals surface area contributed by atoms with Crippen LogP contribution in [0.3, 0.4) is 0 Å². The van der Waals surface area contributed by atoms with Gasteiger partial charge in [-0.1, -0.05) is 127 Å². The molecule has 0 radical (unpaired) electrons. The Labute approximate surface area is 310 Å². The number of benzene rings is 7. The molecule has 7 heteroatoms. The number of hydrogen-bond donors (Lipinski definition) is 0. The van der Waals surface area contributed by atoms with Crippen molar-refractivity contribution in [1.29, 1.82) is 0 Å². The van der Waals surface area contributed by atoms with Crippen molar-refractivity contribution in [2.75, 3.05) is 9.80 Å². The van der Waals surface area contributed by atoms with Gasteiger partial charge >= 0.3 is 0 Å². The van der Waals surface area contributed by atoms with Crippen LogP contribution < -0.4 is 9.80 Å². The summed E-state index contributed by atoms with van der Waals surface area (Å²) in [6.07, 6.45) is 0. The van der Waals surface area contributed by atoms with Crippen LogP contribution in [0.1, 0.15) is 0 Å². The Hall–Kier alpha value is -6.15. The van der Waals surface area contributed by atoms with Gasteiger partial charge in [0.2, 0.25) is 0 Å². The maximum absolute atomic E-state index is 5.18. The van der Waals surface area contributed by atoms with Gasteiger partial charge in [0, 0.05) is 47.6 Å². The Kier molecular flexibility index (Phi) is 7.59. The Bertz CT molecular complexity index is 2380. The van der Waals surface area contributed by atoms with E-state index in [4.69, 9.17) is 15.0 Å². The second kappa shape index (κ2) is 12.9. The fourth-order valence-electron chi connectivity index (χ4n) is 6.88. The number of anilines is 6. The van der Waals surface area contributed by atoms with Crippen LogP contribution in [0.15, 0.2) is 196 Å². The Balaban J connectivity index is 1.11. The van der Waals surface area contributed by atoms with Crippen LogP contribution in [0.4, 0.5) is 34.1 Å². The van der Waals surface area contributed by atoms with Gasteiger partial charge in [0.05, 0.1) is 22.7 Å². The van der Waals surface area contributed by atoms with Gasteiger partial charge in [-0.25, -0.2) is 15.0 Å². The lowest BCUT2D eigenvalue weighted by molar-refractivity contribution is 1.07. The first-order valence-electron chi connectivity index (χ1n) is 17.1. The van der Waals surface area contributed by atoms with Gasteiger partial charge in [0.15, 0.2) is 17.5 Å². The molecule has 0 aliphatic carbocycles. The van der Waals surface area contributed by atoms with E-state index in [1.165, 1.54) is 19.6 Å². The zero-order chi connectivity index (χ0) is 34.4. The number of fused-ring (bicyclic) bond motifs is 4. The zero-order valence-electron chi connectivity index (χ0n) is 27.8. The van der Waals surface area contributed by atoms with Gasteiger partial charge < -0.3 is 9.80 Å². The Morgan fingerprint density at radius 3 is 1.04 bits per heavy atom. The van der Waals surface area contributed by atoms with E-state index in [0.717, 1.165) is 50.8 Å². The summed E-state index contributed by atoms with van der Waals surface area (Å²) in [5.41, 5.74) is 9.47. The summed E-state index contributed by atoms with van der Waals surface area (Å²) in [7, 11) is 0. The molecule has 0 saturated heterocycles. The van der Waals surface area contributed by atoms with Crippen LogP contribution in [0, 0.1) is 0 Å². The molecule has 1 aromatic heterocycles.